The van der Waals surface area contributed by atoms with Crippen LogP contribution in [-0.4, -0.2) is 74.9 Å². The monoisotopic (exact) mass is 490 g/mol. The molecule has 2 unspecified atom stereocenters. The van der Waals surface area contributed by atoms with E-state index < -0.39 is 30.7 Å². The molecule has 0 rings (SSSR count). The lowest BCUT2D eigenvalue weighted by molar-refractivity contribution is 0.0570. The summed E-state index contributed by atoms with van der Waals surface area (Å²) in [7, 11) is -10.1. The predicted octanol–water partition coefficient (Wildman–Crippen LogP) is 4.07. The summed E-state index contributed by atoms with van der Waals surface area (Å²) in [5.74, 6) is 0. The molecule has 0 radical (unpaired) electrons. The zero-order chi connectivity index (χ0) is 23.1. The first kappa shape index (κ1) is 30.3. The molecule has 182 valence electrons. The van der Waals surface area contributed by atoms with Crippen molar-refractivity contribution in [3.05, 3.63) is 0 Å². The second-order valence-electron chi connectivity index (χ2n) is 6.36. The summed E-state index contributed by atoms with van der Waals surface area (Å²) in [4.78, 5) is 10.4. The normalized spacial score (nSPS) is 15.9. The van der Waals surface area contributed by atoms with Gasteiger partial charge in [-0.25, -0.2) is 0 Å². The highest BCUT2D eigenvalue weighted by Crippen LogP contribution is 2.49. The first-order chi connectivity index (χ1) is 14.2. The molecule has 0 aromatic carbocycles. The molecule has 1 N–H and O–H groups in total. The molecule has 0 heterocycles. The van der Waals surface area contributed by atoms with Crippen LogP contribution in [0.4, 0.5) is 0 Å². The highest BCUT2D eigenvalue weighted by Gasteiger charge is 2.53. The lowest BCUT2D eigenvalue weighted by Crippen LogP contribution is -2.53. The van der Waals surface area contributed by atoms with Gasteiger partial charge >= 0.3 is 25.2 Å². The molecule has 0 amide bonds. The first-order valence-corrected chi connectivity index (χ1v) is 16.5. The van der Waals surface area contributed by atoms with Crippen molar-refractivity contribution in [1.29, 1.82) is 0 Å². The predicted molar refractivity (Wildman–Crippen MR) is 121 cm³/mol. The lowest BCUT2D eigenvalue weighted by atomic mass is 10.4. The average Bonchev–Trinajstić information content (AvgIpc) is 2.66. The maximum Gasteiger partial charge on any atom is 0.504 e. The Bertz CT molecular complexity index is 451. The molecule has 30 heavy (non-hydrogen) atoms. The van der Waals surface area contributed by atoms with Crippen LogP contribution in [0.1, 0.15) is 54.9 Å². The molecule has 0 fully saturated rings. The standard InChI is InChI=1S/C18H43O9PSi2/c1-8-21-28(19,20)17-18(30(25-12-5,26-13-6)27-14-7)15-16-29(22-9-2,23-10-3)24-11-4/h18H,8-17H2,1-7H3,(H,19,20). The summed E-state index contributed by atoms with van der Waals surface area (Å²) < 4.78 is 53.8. The molecule has 0 aliphatic heterocycles. The van der Waals surface area contributed by atoms with Gasteiger partial charge in [0.2, 0.25) is 0 Å². The summed E-state index contributed by atoms with van der Waals surface area (Å²) in [5.41, 5.74) is -0.465. The molecule has 0 aliphatic carbocycles. The fraction of sp³-hybridized carbons (Fsp3) is 1.00. The Morgan fingerprint density at radius 2 is 1.10 bits per heavy atom. The van der Waals surface area contributed by atoms with Crippen molar-refractivity contribution in [1.82, 2.24) is 0 Å². The van der Waals surface area contributed by atoms with Crippen LogP contribution < -0.4 is 0 Å². The molecule has 0 saturated carbocycles. The smallest absolute Gasteiger partial charge is 0.374 e. The SMILES string of the molecule is CCO[Si](CCC(CP(=O)(O)OCC)[Si](OCC)(OCC)OCC)(OCC)OCC. The molecular weight excluding hydrogens is 447 g/mol. The largest absolute Gasteiger partial charge is 0.504 e. The van der Waals surface area contributed by atoms with Crippen LogP contribution in [0.2, 0.25) is 11.6 Å². The third kappa shape index (κ3) is 10.3. The quantitative estimate of drug-likeness (QED) is 0.200. The van der Waals surface area contributed by atoms with Gasteiger partial charge in [0.15, 0.2) is 0 Å². The van der Waals surface area contributed by atoms with Crippen LogP contribution >= 0.6 is 7.60 Å². The van der Waals surface area contributed by atoms with Gasteiger partial charge in [0.25, 0.3) is 0 Å². The van der Waals surface area contributed by atoms with E-state index in [1.165, 1.54) is 0 Å². The second-order valence-corrected chi connectivity index (χ2v) is 13.9. The van der Waals surface area contributed by atoms with Crippen LogP contribution in [-0.2, 0) is 35.6 Å². The minimum absolute atomic E-state index is 0.123. The van der Waals surface area contributed by atoms with Gasteiger partial charge < -0.3 is 36.0 Å². The van der Waals surface area contributed by atoms with E-state index in [4.69, 9.17) is 31.1 Å². The molecule has 0 bridgehead atoms. The molecule has 2 atom stereocenters. The topological polar surface area (TPSA) is 102 Å². The van der Waals surface area contributed by atoms with Gasteiger partial charge in [0.05, 0.1) is 12.8 Å². The van der Waals surface area contributed by atoms with E-state index in [1.807, 2.05) is 41.5 Å². The zero-order valence-electron chi connectivity index (χ0n) is 19.8. The van der Waals surface area contributed by atoms with Crippen LogP contribution in [0.5, 0.6) is 0 Å². The molecule has 0 spiro atoms. The van der Waals surface area contributed by atoms with Gasteiger partial charge in [-0.05, 0) is 54.9 Å². The number of hydrogen-bond acceptors (Lipinski definition) is 8. The third-order valence-corrected chi connectivity index (χ3v) is 12.8. The number of rotatable bonds is 20. The van der Waals surface area contributed by atoms with Crippen LogP contribution in [0.15, 0.2) is 0 Å². The second kappa shape index (κ2) is 16.0. The van der Waals surface area contributed by atoms with Crippen molar-refractivity contribution in [2.45, 2.75) is 66.5 Å². The fourth-order valence-corrected chi connectivity index (χ4v) is 11.8. The van der Waals surface area contributed by atoms with Gasteiger partial charge in [0.1, 0.15) is 0 Å². The van der Waals surface area contributed by atoms with Crippen molar-refractivity contribution < 1.29 is 40.5 Å². The van der Waals surface area contributed by atoms with Crippen molar-refractivity contribution >= 4 is 25.2 Å². The van der Waals surface area contributed by atoms with Crippen molar-refractivity contribution in [3.8, 4) is 0 Å². The zero-order valence-corrected chi connectivity index (χ0v) is 22.7. The Hall–Kier alpha value is 0.344. The Balaban J connectivity index is 5.97. The summed E-state index contributed by atoms with van der Waals surface area (Å²) >= 11 is 0. The van der Waals surface area contributed by atoms with Gasteiger partial charge in [0, 0.05) is 51.2 Å². The van der Waals surface area contributed by atoms with Crippen molar-refractivity contribution in [2.24, 2.45) is 0 Å². The Kier molecular flexibility index (Phi) is 16.2. The van der Waals surface area contributed by atoms with Gasteiger partial charge in [-0.3, -0.25) is 4.57 Å². The maximum atomic E-state index is 12.7. The molecule has 0 aliphatic rings. The van der Waals surface area contributed by atoms with Gasteiger partial charge in [-0.1, -0.05) is 0 Å². The van der Waals surface area contributed by atoms with E-state index in [0.717, 1.165) is 0 Å². The minimum Gasteiger partial charge on any atom is -0.374 e. The first-order valence-electron chi connectivity index (χ1n) is 11.0. The fourth-order valence-electron chi connectivity index (χ4n) is 3.35. The van der Waals surface area contributed by atoms with Crippen molar-refractivity contribution in [3.63, 3.8) is 0 Å². The third-order valence-electron chi connectivity index (χ3n) is 4.21. The van der Waals surface area contributed by atoms with E-state index in [-0.39, 0.29) is 12.8 Å². The van der Waals surface area contributed by atoms with Gasteiger partial charge in [-0.2, -0.15) is 0 Å². The maximum absolute atomic E-state index is 12.7. The Morgan fingerprint density at radius 1 is 0.700 bits per heavy atom. The molecule has 0 saturated heterocycles. The van der Waals surface area contributed by atoms with Crippen LogP contribution in [0.25, 0.3) is 0 Å². The molecule has 0 aromatic rings. The highest BCUT2D eigenvalue weighted by molar-refractivity contribution is 7.53. The van der Waals surface area contributed by atoms with E-state index in [1.54, 1.807) is 6.92 Å². The van der Waals surface area contributed by atoms with Crippen LogP contribution in [0.3, 0.4) is 0 Å². The van der Waals surface area contributed by atoms with E-state index in [2.05, 4.69) is 0 Å². The molecular formula is C18H43O9PSi2. The van der Waals surface area contributed by atoms with E-state index in [9.17, 15) is 9.46 Å². The van der Waals surface area contributed by atoms with Gasteiger partial charge in [-0.15, -0.1) is 0 Å². The lowest BCUT2D eigenvalue weighted by Gasteiger charge is -2.37. The average molecular weight is 491 g/mol. The molecule has 0 aromatic heterocycles. The summed E-state index contributed by atoms with van der Waals surface area (Å²) in [6, 6.07) is 0.460. The Labute approximate surface area is 184 Å². The summed E-state index contributed by atoms with van der Waals surface area (Å²) in [6.07, 6.45) is 0.317. The number of hydrogen-bond donors (Lipinski definition) is 1. The van der Waals surface area contributed by atoms with E-state index in [0.29, 0.717) is 52.1 Å². The molecule has 12 heteroatoms. The van der Waals surface area contributed by atoms with Crippen LogP contribution in [0, 0.1) is 0 Å². The Morgan fingerprint density at radius 3 is 1.43 bits per heavy atom. The summed E-state index contributed by atoms with van der Waals surface area (Å²) in [6.45, 7) is 15.6. The minimum atomic E-state index is -3.86. The molecule has 9 nitrogen and oxygen atoms in total. The van der Waals surface area contributed by atoms with Crippen molar-refractivity contribution in [2.75, 3.05) is 52.4 Å². The summed E-state index contributed by atoms with van der Waals surface area (Å²) in [5, 5.41) is 0. The van der Waals surface area contributed by atoms with E-state index >= 15 is 0 Å². The highest BCUT2D eigenvalue weighted by atomic mass is 31.2.